The van der Waals surface area contributed by atoms with Crippen LogP contribution in [0.2, 0.25) is 0 Å². The van der Waals surface area contributed by atoms with Gasteiger partial charge in [0, 0.05) is 12.7 Å². The molecule has 1 unspecified atom stereocenters. The van der Waals surface area contributed by atoms with E-state index >= 15 is 0 Å². The molecule has 2 aromatic rings. The molecule has 0 bridgehead atoms. The largest absolute Gasteiger partial charge is 0.457 e. The Morgan fingerprint density at radius 2 is 1.81 bits per heavy atom. The first kappa shape index (κ1) is 15.5. The first-order valence-electron chi connectivity index (χ1n) is 7.06. The van der Waals surface area contributed by atoms with Gasteiger partial charge in [-0.25, -0.2) is 0 Å². The third-order valence-corrected chi connectivity index (χ3v) is 3.40. The Labute approximate surface area is 127 Å². The van der Waals surface area contributed by atoms with Gasteiger partial charge in [-0.2, -0.15) is 0 Å². The van der Waals surface area contributed by atoms with Crippen molar-refractivity contribution in [2.45, 2.75) is 12.8 Å². The van der Waals surface area contributed by atoms with Gasteiger partial charge in [-0.1, -0.05) is 30.3 Å². The maximum absolute atomic E-state index is 11.1. The molecule has 0 aliphatic heterocycles. The van der Waals surface area contributed by atoms with Crippen molar-refractivity contribution in [2.24, 2.45) is 0 Å². The van der Waals surface area contributed by atoms with E-state index in [1.54, 1.807) is 0 Å². The minimum absolute atomic E-state index is 0.0705. The molecule has 1 amide bonds. The smallest absolute Gasteiger partial charge is 0.223 e. The summed E-state index contributed by atoms with van der Waals surface area (Å²) in [5, 5.41) is 2.87. The predicted octanol–water partition coefficient (Wildman–Crippen LogP) is 3.40. The van der Waals surface area contributed by atoms with Crippen LogP contribution in [0.1, 0.15) is 12.0 Å². The summed E-state index contributed by atoms with van der Waals surface area (Å²) in [4.78, 5) is 11.1. The lowest BCUT2D eigenvalue weighted by Gasteiger charge is -2.08. The molecule has 0 spiro atoms. The Balaban J connectivity index is 1.85. The maximum atomic E-state index is 11.1. The maximum Gasteiger partial charge on any atom is 0.223 e. The number of hydrogen-bond acceptors (Lipinski definition) is 2. The Morgan fingerprint density at radius 1 is 1.05 bits per heavy atom. The molecule has 0 saturated carbocycles. The molecule has 0 aliphatic carbocycles. The average Bonchev–Trinajstić information content (AvgIpc) is 2.52. The summed E-state index contributed by atoms with van der Waals surface area (Å²) in [5.74, 6) is 1.75. The lowest BCUT2D eigenvalue weighted by molar-refractivity contribution is -0.118. The number of rotatable bonds is 7. The Morgan fingerprint density at radius 3 is 2.57 bits per heavy atom. The normalized spacial score (nSPS) is 10.1. The number of carbonyl (C=O) groups is 1. The quantitative estimate of drug-likeness (QED) is 0.629. The highest BCUT2D eigenvalue weighted by atomic mass is 31.0. The molecule has 2 rings (SSSR count). The highest BCUT2D eigenvalue weighted by Gasteiger charge is 2.00. The third kappa shape index (κ3) is 5.57. The fraction of sp³-hybridized carbons (Fsp3) is 0.235. The molecule has 0 radical (unpaired) electrons. The fourth-order valence-electron chi connectivity index (χ4n) is 1.98. The van der Waals surface area contributed by atoms with Crippen molar-refractivity contribution in [1.29, 1.82) is 0 Å². The highest BCUT2D eigenvalue weighted by molar-refractivity contribution is 7.18. The van der Waals surface area contributed by atoms with E-state index in [4.69, 9.17) is 4.74 Å². The van der Waals surface area contributed by atoms with E-state index in [0.717, 1.165) is 24.3 Å². The van der Waals surface area contributed by atoms with E-state index in [0.29, 0.717) is 12.7 Å². The number of para-hydroxylation sites is 1. The van der Waals surface area contributed by atoms with Crippen LogP contribution < -0.4 is 10.1 Å². The Kier molecular flexibility index (Phi) is 6.23. The predicted molar refractivity (Wildman–Crippen MR) is 88.9 cm³/mol. The molecular formula is C17H20NO2P. The van der Waals surface area contributed by atoms with Gasteiger partial charge in [0.2, 0.25) is 5.91 Å². The van der Waals surface area contributed by atoms with E-state index in [2.05, 4.69) is 20.6 Å². The van der Waals surface area contributed by atoms with Crippen molar-refractivity contribution in [3.63, 3.8) is 0 Å². The van der Waals surface area contributed by atoms with Crippen molar-refractivity contribution in [3.05, 3.63) is 60.2 Å². The molecule has 0 aromatic heterocycles. The lowest BCUT2D eigenvalue weighted by atomic mass is 10.1. The number of nitrogens with one attached hydrogen (secondary N) is 1. The zero-order valence-electron chi connectivity index (χ0n) is 11.9. The summed E-state index contributed by atoms with van der Waals surface area (Å²) >= 11 is 0. The first-order valence-corrected chi connectivity index (χ1v) is 7.88. The summed E-state index contributed by atoms with van der Waals surface area (Å²) in [6, 6.07) is 17.8. The minimum atomic E-state index is 0.0705. The molecule has 0 aliphatic rings. The Bertz CT molecular complexity index is 572. The number of amides is 1. The van der Waals surface area contributed by atoms with Crippen LogP contribution in [0.25, 0.3) is 0 Å². The number of benzene rings is 2. The van der Waals surface area contributed by atoms with Crippen LogP contribution in [0.4, 0.5) is 0 Å². The van der Waals surface area contributed by atoms with Gasteiger partial charge in [0.25, 0.3) is 0 Å². The zero-order chi connectivity index (χ0) is 14.9. The molecule has 2 aromatic carbocycles. The van der Waals surface area contributed by atoms with Crippen LogP contribution in [-0.4, -0.2) is 18.6 Å². The van der Waals surface area contributed by atoms with Crippen LogP contribution in [0.3, 0.4) is 0 Å². The standard InChI is InChI=1S/C17H20NO2P/c19-17(13-21)18-11-5-7-14-6-4-10-16(12-14)20-15-8-2-1-3-9-15/h1-4,6,8-10,12H,5,7,11,13,21H2,(H,18,19). The van der Waals surface area contributed by atoms with E-state index in [9.17, 15) is 4.79 Å². The second kappa shape index (κ2) is 8.43. The molecule has 0 saturated heterocycles. The summed E-state index contributed by atoms with van der Waals surface area (Å²) in [6.45, 7) is 0.705. The van der Waals surface area contributed by atoms with Gasteiger partial charge in [-0.05, 0) is 42.7 Å². The highest BCUT2D eigenvalue weighted by Crippen LogP contribution is 2.22. The molecule has 0 fully saturated rings. The molecule has 110 valence electrons. The van der Waals surface area contributed by atoms with Crippen LogP contribution >= 0.6 is 9.24 Å². The fourth-order valence-corrected chi connectivity index (χ4v) is 2.13. The van der Waals surface area contributed by atoms with E-state index in [1.807, 2.05) is 48.5 Å². The number of hydrogen-bond donors (Lipinski definition) is 1. The van der Waals surface area contributed by atoms with Crippen molar-refractivity contribution in [1.82, 2.24) is 5.32 Å². The molecule has 3 nitrogen and oxygen atoms in total. The van der Waals surface area contributed by atoms with Crippen molar-refractivity contribution in [2.75, 3.05) is 12.7 Å². The van der Waals surface area contributed by atoms with Crippen LogP contribution in [0.5, 0.6) is 11.5 Å². The molecule has 4 heteroatoms. The van der Waals surface area contributed by atoms with E-state index in [-0.39, 0.29) is 5.91 Å². The summed E-state index contributed by atoms with van der Waals surface area (Å²) in [7, 11) is 2.42. The molecule has 1 atom stereocenters. The van der Waals surface area contributed by atoms with Crippen LogP contribution in [0, 0.1) is 0 Å². The van der Waals surface area contributed by atoms with Gasteiger partial charge < -0.3 is 10.1 Å². The van der Waals surface area contributed by atoms with E-state index in [1.165, 1.54) is 5.56 Å². The second-order valence-electron chi connectivity index (χ2n) is 4.72. The van der Waals surface area contributed by atoms with Crippen LogP contribution in [-0.2, 0) is 11.2 Å². The van der Waals surface area contributed by atoms with Gasteiger partial charge in [0.05, 0.1) is 0 Å². The van der Waals surface area contributed by atoms with Crippen molar-refractivity contribution in [3.8, 4) is 11.5 Å². The monoisotopic (exact) mass is 301 g/mol. The van der Waals surface area contributed by atoms with Gasteiger partial charge in [0.1, 0.15) is 11.5 Å². The third-order valence-electron chi connectivity index (χ3n) is 3.03. The second-order valence-corrected chi connectivity index (χ2v) is 5.13. The molecule has 1 N–H and O–H groups in total. The average molecular weight is 301 g/mol. The van der Waals surface area contributed by atoms with Gasteiger partial charge in [-0.3, -0.25) is 4.79 Å². The van der Waals surface area contributed by atoms with Gasteiger partial charge in [0.15, 0.2) is 0 Å². The first-order chi connectivity index (χ1) is 10.3. The number of aryl methyl sites for hydroxylation is 1. The summed E-state index contributed by atoms with van der Waals surface area (Å²) in [5.41, 5.74) is 1.21. The summed E-state index contributed by atoms with van der Waals surface area (Å²) < 4.78 is 5.81. The van der Waals surface area contributed by atoms with Crippen LogP contribution in [0.15, 0.2) is 54.6 Å². The van der Waals surface area contributed by atoms with Crippen molar-refractivity contribution < 1.29 is 9.53 Å². The lowest BCUT2D eigenvalue weighted by Crippen LogP contribution is -2.25. The number of carbonyl (C=O) groups excluding carboxylic acids is 1. The Hall–Kier alpha value is -1.86. The molecule has 21 heavy (non-hydrogen) atoms. The summed E-state index contributed by atoms with van der Waals surface area (Å²) in [6.07, 6.45) is 2.30. The minimum Gasteiger partial charge on any atom is -0.457 e. The molecular weight excluding hydrogens is 281 g/mol. The zero-order valence-corrected chi connectivity index (χ0v) is 13.1. The van der Waals surface area contributed by atoms with Gasteiger partial charge >= 0.3 is 0 Å². The topological polar surface area (TPSA) is 38.3 Å². The molecule has 0 heterocycles. The van der Waals surface area contributed by atoms with E-state index < -0.39 is 0 Å². The van der Waals surface area contributed by atoms with Crippen molar-refractivity contribution >= 4 is 15.1 Å². The number of ether oxygens (including phenoxy) is 1. The van der Waals surface area contributed by atoms with Gasteiger partial charge in [-0.15, -0.1) is 9.24 Å². The SMILES string of the molecule is O=C(CP)NCCCc1cccc(Oc2ccccc2)c1.